The van der Waals surface area contributed by atoms with Crippen LogP contribution in [0, 0.1) is 0 Å². The minimum absolute atomic E-state index is 0.125. The van der Waals surface area contributed by atoms with Gasteiger partial charge >= 0.3 is 0 Å². The first kappa shape index (κ1) is 13.9. The molecule has 0 amide bonds. The van der Waals surface area contributed by atoms with E-state index in [-0.39, 0.29) is 11.8 Å². The second kappa shape index (κ2) is 5.47. The normalized spacial score (nSPS) is 22.2. The van der Waals surface area contributed by atoms with Crippen molar-refractivity contribution in [2.24, 2.45) is 0 Å². The molecule has 1 rings (SSSR count). The monoisotopic (exact) mass is 249 g/mol. The Morgan fingerprint density at radius 2 is 1.94 bits per heavy atom. The van der Waals surface area contributed by atoms with Crippen molar-refractivity contribution in [3.8, 4) is 0 Å². The fourth-order valence-corrected chi connectivity index (χ4v) is 3.90. The highest BCUT2D eigenvalue weighted by atomic mass is 32.2. The highest BCUT2D eigenvalue weighted by Gasteiger charge is 2.30. The molecule has 0 aliphatic heterocycles. The van der Waals surface area contributed by atoms with Crippen LogP contribution in [-0.2, 0) is 10.0 Å². The number of aliphatic hydroxyl groups is 1. The Bertz CT molecular complexity index is 305. The maximum Gasteiger partial charge on any atom is 0.214 e. The molecule has 0 aromatic carbocycles. The summed E-state index contributed by atoms with van der Waals surface area (Å²) in [5.74, 6) is 0. The van der Waals surface area contributed by atoms with E-state index in [1.807, 2.05) is 6.92 Å². The lowest BCUT2D eigenvalue weighted by Gasteiger charge is -2.24. The average Bonchev–Trinajstić information content (AvgIpc) is 2.68. The molecule has 1 unspecified atom stereocenters. The molecule has 0 heterocycles. The van der Waals surface area contributed by atoms with E-state index in [9.17, 15) is 13.5 Å². The van der Waals surface area contributed by atoms with Crippen LogP contribution in [0.25, 0.3) is 0 Å². The Morgan fingerprint density at radius 1 is 1.38 bits per heavy atom. The van der Waals surface area contributed by atoms with Crippen LogP contribution >= 0.6 is 0 Å². The third-order valence-corrected chi connectivity index (χ3v) is 5.08. The van der Waals surface area contributed by atoms with Crippen molar-refractivity contribution >= 4 is 10.0 Å². The summed E-state index contributed by atoms with van der Waals surface area (Å²) in [7, 11) is -3.22. The van der Waals surface area contributed by atoms with Gasteiger partial charge in [-0.15, -0.1) is 0 Å². The standard InChI is InChI=1S/C11H23NO3S/c1-3-8-11(2,13)9-12-16(14,15)10-6-4-5-7-10/h10,12-13H,3-9H2,1-2H3. The second-order valence-corrected chi connectivity index (χ2v) is 7.06. The zero-order chi connectivity index (χ0) is 12.2. The van der Waals surface area contributed by atoms with Gasteiger partial charge in [-0.2, -0.15) is 0 Å². The van der Waals surface area contributed by atoms with Crippen LogP contribution in [0.5, 0.6) is 0 Å². The molecule has 0 bridgehead atoms. The van der Waals surface area contributed by atoms with Crippen molar-refractivity contribution in [2.45, 2.75) is 63.2 Å². The minimum Gasteiger partial charge on any atom is -0.389 e. The van der Waals surface area contributed by atoms with E-state index in [4.69, 9.17) is 0 Å². The van der Waals surface area contributed by atoms with Gasteiger partial charge < -0.3 is 5.11 Å². The summed E-state index contributed by atoms with van der Waals surface area (Å²) in [4.78, 5) is 0. The molecule has 1 saturated carbocycles. The summed E-state index contributed by atoms with van der Waals surface area (Å²) in [6.07, 6.45) is 4.96. The quantitative estimate of drug-likeness (QED) is 0.748. The van der Waals surface area contributed by atoms with Crippen molar-refractivity contribution in [3.05, 3.63) is 0 Å². The van der Waals surface area contributed by atoms with Crippen LogP contribution in [0.3, 0.4) is 0 Å². The van der Waals surface area contributed by atoms with Gasteiger partial charge in [-0.3, -0.25) is 0 Å². The van der Waals surface area contributed by atoms with Crippen LogP contribution in [0.4, 0.5) is 0 Å². The molecule has 5 heteroatoms. The molecule has 1 atom stereocenters. The zero-order valence-electron chi connectivity index (χ0n) is 10.2. The van der Waals surface area contributed by atoms with Gasteiger partial charge in [0.2, 0.25) is 10.0 Å². The van der Waals surface area contributed by atoms with E-state index in [0.717, 1.165) is 32.1 Å². The molecule has 16 heavy (non-hydrogen) atoms. The predicted molar refractivity (Wildman–Crippen MR) is 64.7 cm³/mol. The van der Waals surface area contributed by atoms with Gasteiger partial charge in [0.25, 0.3) is 0 Å². The minimum atomic E-state index is -3.22. The molecule has 1 fully saturated rings. The molecule has 4 nitrogen and oxygen atoms in total. The molecule has 0 radical (unpaired) electrons. The van der Waals surface area contributed by atoms with Crippen molar-refractivity contribution in [3.63, 3.8) is 0 Å². The van der Waals surface area contributed by atoms with Gasteiger partial charge in [0.1, 0.15) is 0 Å². The van der Waals surface area contributed by atoms with E-state index < -0.39 is 15.6 Å². The largest absolute Gasteiger partial charge is 0.389 e. The van der Waals surface area contributed by atoms with Crippen LogP contribution in [-0.4, -0.2) is 30.9 Å². The fourth-order valence-electron chi connectivity index (χ4n) is 2.20. The molecule has 0 aromatic rings. The Morgan fingerprint density at radius 3 is 2.44 bits per heavy atom. The van der Waals surface area contributed by atoms with Crippen molar-refractivity contribution in [2.75, 3.05) is 6.54 Å². The van der Waals surface area contributed by atoms with Gasteiger partial charge in [0.05, 0.1) is 10.9 Å². The Labute approximate surface area is 98.5 Å². The number of rotatable bonds is 6. The lowest BCUT2D eigenvalue weighted by Crippen LogP contribution is -2.43. The summed E-state index contributed by atoms with van der Waals surface area (Å²) in [6, 6.07) is 0. The van der Waals surface area contributed by atoms with E-state index >= 15 is 0 Å². The first-order valence-corrected chi connectivity index (χ1v) is 7.63. The molecule has 0 saturated heterocycles. The number of hydrogen-bond acceptors (Lipinski definition) is 3. The predicted octanol–water partition coefficient (Wildman–Crippen LogP) is 1.40. The maximum atomic E-state index is 11.9. The Kier molecular flexibility index (Phi) is 4.76. The fraction of sp³-hybridized carbons (Fsp3) is 1.00. The summed E-state index contributed by atoms with van der Waals surface area (Å²) in [5.41, 5.74) is -0.930. The first-order chi connectivity index (χ1) is 7.37. The van der Waals surface area contributed by atoms with Gasteiger partial charge in [-0.05, 0) is 26.2 Å². The highest BCUT2D eigenvalue weighted by molar-refractivity contribution is 7.90. The molecule has 1 aliphatic rings. The molecule has 0 spiro atoms. The lowest BCUT2D eigenvalue weighted by molar-refractivity contribution is 0.0554. The second-order valence-electron chi connectivity index (χ2n) is 5.02. The summed E-state index contributed by atoms with van der Waals surface area (Å²) < 4.78 is 26.3. The van der Waals surface area contributed by atoms with Gasteiger partial charge in [0.15, 0.2) is 0 Å². The molecule has 1 aliphatic carbocycles. The average molecular weight is 249 g/mol. The lowest BCUT2D eigenvalue weighted by atomic mass is 10.0. The first-order valence-electron chi connectivity index (χ1n) is 6.08. The van der Waals surface area contributed by atoms with Crippen LogP contribution in [0.15, 0.2) is 0 Å². The van der Waals surface area contributed by atoms with Crippen LogP contribution in [0.2, 0.25) is 0 Å². The van der Waals surface area contributed by atoms with Gasteiger partial charge in [-0.1, -0.05) is 26.2 Å². The smallest absolute Gasteiger partial charge is 0.214 e. The van der Waals surface area contributed by atoms with Crippen molar-refractivity contribution in [1.29, 1.82) is 0 Å². The topological polar surface area (TPSA) is 66.4 Å². The zero-order valence-corrected chi connectivity index (χ0v) is 11.0. The Hall–Kier alpha value is -0.130. The van der Waals surface area contributed by atoms with Gasteiger partial charge in [0, 0.05) is 6.54 Å². The third-order valence-electron chi connectivity index (χ3n) is 3.18. The van der Waals surface area contributed by atoms with E-state index in [2.05, 4.69) is 4.72 Å². The van der Waals surface area contributed by atoms with E-state index in [0.29, 0.717) is 6.42 Å². The molecular formula is C11H23NO3S. The van der Waals surface area contributed by atoms with Crippen molar-refractivity contribution in [1.82, 2.24) is 4.72 Å². The summed E-state index contributed by atoms with van der Waals surface area (Å²) >= 11 is 0. The van der Waals surface area contributed by atoms with E-state index in [1.54, 1.807) is 6.92 Å². The number of nitrogens with one attached hydrogen (secondary N) is 1. The molecular weight excluding hydrogens is 226 g/mol. The molecule has 96 valence electrons. The van der Waals surface area contributed by atoms with Crippen molar-refractivity contribution < 1.29 is 13.5 Å². The molecule has 2 N–H and O–H groups in total. The molecule has 0 aromatic heterocycles. The Balaban J connectivity index is 2.47. The third kappa shape index (κ3) is 4.03. The SMILES string of the molecule is CCCC(C)(O)CNS(=O)(=O)C1CCCC1. The number of hydrogen-bond donors (Lipinski definition) is 2. The maximum absolute atomic E-state index is 11.9. The van der Waals surface area contributed by atoms with Crippen LogP contribution < -0.4 is 4.72 Å². The van der Waals surface area contributed by atoms with E-state index in [1.165, 1.54) is 0 Å². The number of sulfonamides is 1. The summed E-state index contributed by atoms with van der Waals surface area (Å²) in [6.45, 7) is 3.77. The summed E-state index contributed by atoms with van der Waals surface area (Å²) in [5, 5.41) is 9.65. The van der Waals surface area contributed by atoms with Gasteiger partial charge in [-0.25, -0.2) is 13.1 Å². The highest BCUT2D eigenvalue weighted by Crippen LogP contribution is 2.24. The van der Waals surface area contributed by atoms with Crippen LogP contribution in [0.1, 0.15) is 52.4 Å².